The number of hydrogen-bond donors (Lipinski definition) is 0. The van der Waals surface area contributed by atoms with E-state index in [1.54, 1.807) is 12.1 Å². The van der Waals surface area contributed by atoms with E-state index in [1.165, 1.54) is 12.1 Å². The molecule has 0 atom stereocenters. The third-order valence-corrected chi connectivity index (χ3v) is 2.13. The minimum absolute atomic E-state index is 0.0521. The van der Waals surface area contributed by atoms with E-state index in [0.29, 0.717) is 18.3 Å². The maximum absolute atomic E-state index is 13.3. The van der Waals surface area contributed by atoms with Crippen LogP contribution in [-0.4, -0.2) is 16.7 Å². The first-order valence-electron chi connectivity index (χ1n) is 5.56. The quantitative estimate of drug-likeness (QED) is 0.789. The Hall–Kier alpha value is -1.95. The number of halogens is 1. The lowest BCUT2D eigenvalue weighted by molar-refractivity contribution is 0.109. The lowest BCUT2D eigenvalue weighted by atomic mass is 10.3. The second-order valence-corrected chi connectivity index (χ2v) is 3.46. The van der Waals surface area contributed by atoms with Crippen LogP contribution in [0.4, 0.5) is 4.39 Å². The van der Waals surface area contributed by atoms with Gasteiger partial charge in [-0.05, 0) is 19.1 Å². The second-order valence-electron chi connectivity index (χ2n) is 3.46. The van der Waals surface area contributed by atoms with Crippen LogP contribution in [0.15, 0.2) is 28.8 Å². The molecule has 1 aromatic heterocycles. The number of para-hydroxylation sites is 1. The Kier molecular flexibility index (Phi) is 4.25. The van der Waals surface area contributed by atoms with Crippen molar-refractivity contribution in [1.29, 1.82) is 0 Å². The molecule has 0 amide bonds. The van der Waals surface area contributed by atoms with E-state index in [4.69, 9.17) is 14.0 Å². The van der Waals surface area contributed by atoms with Crippen LogP contribution >= 0.6 is 0 Å². The summed E-state index contributed by atoms with van der Waals surface area (Å²) in [6, 6.07) is 6.15. The van der Waals surface area contributed by atoms with Crippen molar-refractivity contribution in [2.75, 3.05) is 6.61 Å². The molecule has 2 rings (SSSR count). The molecule has 0 saturated carbocycles. The van der Waals surface area contributed by atoms with Crippen molar-refractivity contribution in [2.24, 2.45) is 0 Å². The molecule has 0 aliphatic carbocycles. The highest BCUT2D eigenvalue weighted by Gasteiger charge is 2.08. The summed E-state index contributed by atoms with van der Waals surface area (Å²) in [4.78, 5) is 4.04. The largest absolute Gasteiger partial charge is 0.482 e. The van der Waals surface area contributed by atoms with Gasteiger partial charge in [0.1, 0.15) is 6.61 Å². The molecule has 0 bridgehead atoms. The summed E-state index contributed by atoms with van der Waals surface area (Å²) in [5, 5.41) is 3.70. The van der Waals surface area contributed by atoms with E-state index < -0.39 is 5.82 Å². The molecule has 5 nitrogen and oxygen atoms in total. The Balaban J connectivity index is 1.90. The normalized spacial score (nSPS) is 10.6. The summed E-state index contributed by atoms with van der Waals surface area (Å²) in [7, 11) is 0. The molecule has 1 heterocycles. The zero-order chi connectivity index (χ0) is 12.8. The SMILES string of the molecule is CCOCc1nc(COc2ccccc2F)no1. The van der Waals surface area contributed by atoms with Gasteiger partial charge in [0, 0.05) is 6.61 Å². The Morgan fingerprint density at radius 1 is 1.28 bits per heavy atom. The smallest absolute Gasteiger partial charge is 0.252 e. The average molecular weight is 252 g/mol. The summed E-state index contributed by atoms with van der Waals surface area (Å²) >= 11 is 0. The number of hydrogen-bond acceptors (Lipinski definition) is 5. The maximum atomic E-state index is 13.3. The molecule has 6 heteroatoms. The zero-order valence-electron chi connectivity index (χ0n) is 9.93. The standard InChI is InChI=1S/C12H13FN2O3/c1-2-16-8-12-14-11(15-18-12)7-17-10-6-4-3-5-9(10)13/h3-6H,2,7-8H2,1H3. The van der Waals surface area contributed by atoms with Crippen LogP contribution in [0.25, 0.3) is 0 Å². The van der Waals surface area contributed by atoms with Gasteiger partial charge in [-0.3, -0.25) is 0 Å². The number of benzene rings is 1. The van der Waals surface area contributed by atoms with Gasteiger partial charge in [-0.1, -0.05) is 17.3 Å². The first kappa shape index (κ1) is 12.5. The fourth-order valence-electron chi connectivity index (χ4n) is 1.30. The van der Waals surface area contributed by atoms with Crippen molar-refractivity contribution < 1.29 is 18.4 Å². The molecule has 2 aromatic rings. The van der Waals surface area contributed by atoms with Gasteiger partial charge in [0.15, 0.2) is 18.2 Å². The first-order valence-corrected chi connectivity index (χ1v) is 5.56. The Labute approximate surface area is 104 Å². The van der Waals surface area contributed by atoms with Gasteiger partial charge in [0.05, 0.1) is 0 Å². The minimum atomic E-state index is -0.421. The van der Waals surface area contributed by atoms with Gasteiger partial charge in [0.25, 0.3) is 5.89 Å². The van der Waals surface area contributed by atoms with Crippen molar-refractivity contribution in [2.45, 2.75) is 20.1 Å². The summed E-state index contributed by atoms with van der Waals surface area (Å²) < 4.78 is 28.5. The molecule has 0 aliphatic heterocycles. The molecule has 0 aliphatic rings. The van der Waals surface area contributed by atoms with Crippen molar-refractivity contribution in [1.82, 2.24) is 10.1 Å². The van der Waals surface area contributed by atoms with Crippen LogP contribution in [0.1, 0.15) is 18.6 Å². The summed E-state index contributed by atoms with van der Waals surface area (Å²) in [5.74, 6) is 0.473. The number of ether oxygens (including phenoxy) is 2. The van der Waals surface area contributed by atoms with Crippen LogP contribution in [-0.2, 0) is 18.0 Å². The lowest BCUT2D eigenvalue weighted by Gasteiger charge is -2.03. The van der Waals surface area contributed by atoms with E-state index in [9.17, 15) is 4.39 Å². The highest BCUT2D eigenvalue weighted by atomic mass is 19.1. The number of nitrogens with zero attached hydrogens (tertiary/aromatic N) is 2. The Morgan fingerprint density at radius 2 is 2.11 bits per heavy atom. The van der Waals surface area contributed by atoms with Gasteiger partial charge in [-0.2, -0.15) is 4.98 Å². The van der Waals surface area contributed by atoms with Crippen LogP contribution in [0.2, 0.25) is 0 Å². The number of aromatic nitrogens is 2. The summed E-state index contributed by atoms with van der Waals surface area (Å²) in [6.45, 7) is 2.77. The Morgan fingerprint density at radius 3 is 2.89 bits per heavy atom. The topological polar surface area (TPSA) is 57.4 Å². The third kappa shape index (κ3) is 3.27. The molecule has 0 fully saturated rings. The van der Waals surface area contributed by atoms with Crippen LogP contribution in [0.5, 0.6) is 5.75 Å². The predicted molar refractivity (Wildman–Crippen MR) is 60.4 cm³/mol. The molecular weight excluding hydrogens is 239 g/mol. The summed E-state index contributed by atoms with van der Waals surface area (Å²) in [5.41, 5.74) is 0. The van der Waals surface area contributed by atoms with E-state index in [0.717, 1.165) is 0 Å². The van der Waals surface area contributed by atoms with Crippen molar-refractivity contribution in [3.05, 3.63) is 41.8 Å². The predicted octanol–water partition coefficient (Wildman–Crippen LogP) is 2.32. The fraction of sp³-hybridized carbons (Fsp3) is 0.333. The van der Waals surface area contributed by atoms with Gasteiger partial charge < -0.3 is 14.0 Å². The zero-order valence-corrected chi connectivity index (χ0v) is 9.93. The van der Waals surface area contributed by atoms with E-state index in [1.807, 2.05) is 6.92 Å². The van der Waals surface area contributed by atoms with Crippen LogP contribution in [0.3, 0.4) is 0 Å². The molecule has 18 heavy (non-hydrogen) atoms. The van der Waals surface area contributed by atoms with Gasteiger partial charge in [0.2, 0.25) is 5.82 Å². The third-order valence-electron chi connectivity index (χ3n) is 2.13. The first-order chi connectivity index (χ1) is 8.79. The highest BCUT2D eigenvalue weighted by Crippen LogP contribution is 2.16. The van der Waals surface area contributed by atoms with Gasteiger partial charge >= 0.3 is 0 Å². The molecule has 1 aromatic carbocycles. The molecule has 0 radical (unpaired) electrons. The minimum Gasteiger partial charge on any atom is -0.482 e. The van der Waals surface area contributed by atoms with Gasteiger partial charge in [-0.15, -0.1) is 0 Å². The molecule has 0 spiro atoms. The van der Waals surface area contributed by atoms with E-state index >= 15 is 0 Å². The fourth-order valence-corrected chi connectivity index (χ4v) is 1.30. The number of rotatable bonds is 6. The molecule has 0 unspecified atom stereocenters. The molecule has 96 valence electrons. The lowest BCUT2D eigenvalue weighted by Crippen LogP contribution is -1.99. The van der Waals surface area contributed by atoms with E-state index in [-0.39, 0.29) is 19.0 Å². The molecular formula is C12H13FN2O3. The average Bonchev–Trinajstić information content (AvgIpc) is 2.83. The van der Waals surface area contributed by atoms with Gasteiger partial charge in [-0.25, -0.2) is 4.39 Å². The molecule has 0 N–H and O–H groups in total. The Bertz CT molecular complexity index is 502. The summed E-state index contributed by atoms with van der Waals surface area (Å²) in [6.07, 6.45) is 0. The van der Waals surface area contributed by atoms with E-state index in [2.05, 4.69) is 10.1 Å². The monoisotopic (exact) mass is 252 g/mol. The van der Waals surface area contributed by atoms with Crippen molar-refractivity contribution in [3.63, 3.8) is 0 Å². The van der Waals surface area contributed by atoms with Crippen LogP contribution in [0, 0.1) is 5.82 Å². The van der Waals surface area contributed by atoms with Crippen molar-refractivity contribution in [3.8, 4) is 5.75 Å². The highest BCUT2D eigenvalue weighted by molar-refractivity contribution is 5.23. The molecule has 0 saturated heterocycles. The maximum Gasteiger partial charge on any atom is 0.252 e. The van der Waals surface area contributed by atoms with Crippen LogP contribution < -0.4 is 4.74 Å². The van der Waals surface area contributed by atoms with Crippen molar-refractivity contribution >= 4 is 0 Å². The second kappa shape index (κ2) is 6.11.